The predicted molar refractivity (Wildman–Crippen MR) is 174 cm³/mol. The van der Waals surface area contributed by atoms with Crippen LogP contribution < -0.4 is 28.7 Å². The lowest BCUT2D eigenvalue weighted by molar-refractivity contribution is -0.119. The van der Waals surface area contributed by atoms with Gasteiger partial charge >= 0.3 is 0 Å². The van der Waals surface area contributed by atoms with E-state index in [0.717, 1.165) is 38.1 Å². The molecule has 1 aromatic heterocycles. The van der Waals surface area contributed by atoms with Crippen molar-refractivity contribution in [1.82, 2.24) is 9.99 Å². The van der Waals surface area contributed by atoms with Gasteiger partial charge in [-0.25, -0.2) is 13.8 Å². The Morgan fingerprint density at radius 1 is 0.844 bits per heavy atom. The van der Waals surface area contributed by atoms with Crippen LogP contribution in [-0.2, 0) is 14.8 Å². The molecule has 0 fully saturated rings. The van der Waals surface area contributed by atoms with E-state index in [1.54, 1.807) is 18.3 Å². The van der Waals surface area contributed by atoms with Crippen LogP contribution in [-0.4, -0.2) is 60.1 Å². The lowest BCUT2D eigenvalue weighted by atomic mass is 10.1. The number of rotatable bonds is 12. The number of methoxy groups -OCH3 is 4. The molecule has 1 heterocycles. The van der Waals surface area contributed by atoms with Crippen LogP contribution in [0, 0.1) is 27.7 Å². The fourth-order valence-corrected chi connectivity index (χ4v) is 6.42. The van der Waals surface area contributed by atoms with Crippen molar-refractivity contribution < 1.29 is 32.2 Å². The SMILES string of the molecule is COc1ccc(OC)c(N(CC(=O)N/N=C\c2cc(C)n(-c3cc(C)ccc3C)c2C)S(=O)(=O)c2ccc(OC)c(OC)c2)c1. The molecule has 12 heteroatoms. The maximum atomic E-state index is 14.1. The highest BCUT2D eigenvalue weighted by Gasteiger charge is 2.31. The summed E-state index contributed by atoms with van der Waals surface area (Å²) in [5, 5.41) is 4.17. The molecule has 0 aliphatic carbocycles. The number of hydrogen-bond donors (Lipinski definition) is 1. The number of carbonyl (C=O) groups is 1. The van der Waals surface area contributed by atoms with Crippen molar-refractivity contribution in [1.29, 1.82) is 0 Å². The third kappa shape index (κ3) is 6.91. The van der Waals surface area contributed by atoms with Gasteiger partial charge in [-0.1, -0.05) is 12.1 Å². The molecule has 0 unspecified atom stereocenters. The Morgan fingerprint density at radius 3 is 2.20 bits per heavy atom. The lowest BCUT2D eigenvalue weighted by Crippen LogP contribution is -2.39. The summed E-state index contributed by atoms with van der Waals surface area (Å²) in [5.74, 6) is 0.476. The van der Waals surface area contributed by atoms with Gasteiger partial charge in [-0.05, 0) is 75.2 Å². The van der Waals surface area contributed by atoms with Crippen LogP contribution in [0.4, 0.5) is 5.69 Å². The summed E-state index contributed by atoms with van der Waals surface area (Å²) in [6.07, 6.45) is 1.54. The Bertz CT molecular complexity index is 1850. The van der Waals surface area contributed by atoms with E-state index in [1.807, 2.05) is 26.8 Å². The number of sulfonamides is 1. The monoisotopic (exact) mass is 634 g/mol. The standard InChI is InChI=1S/C33H38N4O7S/c1-21-9-10-22(2)28(15-21)37-23(3)16-25(24(37)4)19-34-35-33(38)20-36(29-17-26(41-5)11-13-30(29)42-6)45(39,40)27-12-14-31(43-7)32(18-27)44-8/h9-19H,20H2,1-8H3,(H,35,38)/b34-19-. The molecule has 1 amide bonds. The number of ether oxygens (including phenoxy) is 4. The molecule has 45 heavy (non-hydrogen) atoms. The second-order valence-corrected chi connectivity index (χ2v) is 12.2. The van der Waals surface area contributed by atoms with Crippen molar-refractivity contribution in [3.8, 4) is 28.7 Å². The zero-order valence-corrected chi connectivity index (χ0v) is 27.5. The van der Waals surface area contributed by atoms with Crippen molar-refractivity contribution in [3.05, 3.63) is 88.7 Å². The van der Waals surface area contributed by atoms with Crippen LogP contribution in [0.2, 0.25) is 0 Å². The molecule has 0 aliphatic heterocycles. The van der Waals surface area contributed by atoms with E-state index in [-0.39, 0.29) is 22.1 Å². The minimum Gasteiger partial charge on any atom is -0.497 e. The number of aryl methyl sites for hydroxylation is 3. The molecule has 238 valence electrons. The summed E-state index contributed by atoms with van der Waals surface area (Å²) >= 11 is 0. The van der Waals surface area contributed by atoms with E-state index < -0.39 is 22.5 Å². The van der Waals surface area contributed by atoms with E-state index in [2.05, 4.69) is 40.2 Å². The highest BCUT2D eigenvalue weighted by molar-refractivity contribution is 7.92. The van der Waals surface area contributed by atoms with Gasteiger partial charge < -0.3 is 23.5 Å². The quantitative estimate of drug-likeness (QED) is 0.170. The molecule has 1 N–H and O–H groups in total. The van der Waals surface area contributed by atoms with Gasteiger partial charge in [-0.3, -0.25) is 9.10 Å². The maximum Gasteiger partial charge on any atom is 0.265 e. The number of carbonyl (C=O) groups excluding carboxylic acids is 1. The number of hydrogen-bond acceptors (Lipinski definition) is 8. The van der Waals surface area contributed by atoms with Gasteiger partial charge in [0.05, 0.1) is 45.2 Å². The van der Waals surface area contributed by atoms with Crippen molar-refractivity contribution in [2.75, 3.05) is 39.3 Å². The minimum absolute atomic E-state index is 0.0998. The summed E-state index contributed by atoms with van der Waals surface area (Å²) in [7, 11) is 1.38. The van der Waals surface area contributed by atoms with Crippen LogP contribution in [0.25, 0.3) is 5.69 Å². The molecule has 4 aromatic rings. The molecule has 4 rings (SSSR count). The summed E-state index contributed by atoms with van der Waals surface area (Å²) < 4.78 is 52.6. The molecule has 11 nitrogen and oxygen atoms in total. The predicted octanol–water partition coefficient (Wildman–Crippen LogP) is 5.09. The van der Waals surface area contributed by atoms with Crippen LogP contribution in [0.3, 0.4) is 0 Å². The molecule has 0 spiro atoms. The van der Waals surface area contributed by atoms with Crippen molar-refractivity contribution in [2.45, 2.75) is 32.6 Å². The van der Waals surface area contributed by atoms with Crippen molar-refractivity contribution >= 4 is 27.8 Å². The number of nitrogens with zero attached hydrogens (tertiary/aromatic N) is 3. The Morgan fingerprint density at radius 2 is 1.53 bits per heavy atom. The summed E-state index contributed by atoms with van der Waals surface area (Å²) in [6.45, 7) is 7.47. The number of benzene rings is 3. The Labute approximate surface area is 264 Å². The fourth-order valence-electron chi connectivity index (χ4n) is 4.98. The first kappa shape index (κ1) is 32.9. The number of amides is 1. The van der Waals surface area contributed by atoms with Crippen LogP contribution in [0.5, 0.6) is 23.0 Å². The number of hydrazone groups is 1. The molecular formula is C33H38N4O7S. The summed E-state index contributed by atoms with van der Waals surface area (Å²) in [5.41, 5.74) is 8.67. The van der Waals surface area contributed by atoms with Gasteiger partial charge in [0.15, 0.2) is 11.5 Å². The Balaban J connectivity index is 1.67. The maximum absolute atomic E-state index is 14.1. The second-order valence-electron chi connectivity index (χ2n) is 10.3. The first-order valence-electron chi connectivity index (χ1n) is 14.0. The first-order valence-corrected chi connectivity index (χ1v) is 15.4. The molecule has 0 aliphatic rings. The highest BCUT2D eigenvalue weighted by atomic mass is 32.2. The Hall–Kier alpha value is -4.97. The fraction of sp³-hybridized carbons (Fsp3) is 0.273. The van der Waals surface area contributed by atoms with Crippen LogP contribution in [0.15, 0.2) is 70.7 Å². The molecule has 0 bridgehead atoms. The van der Waals surface area contributed by atoms with E-state index in [4.69, 9.17) is 18.9 Å². The first-order chi connectivity index (χ1) is 21.4. The topological polar surface area (TPSA) is 121 Å². The number of nitrogens with one attached hydrogen (secondary N) is 1. The van der Waals surface area contributed by atoms with E-state index in [0.29, 0.717) is 11.5 Å². The highest BCUT2D eigenvalue weighted by Crippen LogP contribution is 2.37. The zero-order valence-electron chi connectivity index (χ0n) is 26.7. The van der Waals surface area contributed by atoms with Crippen molar-refractivity contribution in [3.63, 3.8) is 0 Å². The Kier molecular flexibility index (Phi) is 10.1. The van der Waals surface area contributed by atoms with Gasteiger partial charge in [-0.2, -0.15) is 5.10 Å². The normalized spacial score (nSPS) is 11.4. The van der Waals surface area contributed by atoms with Crippen LogP contribution >= 0.6 is 0 Å². The second kappa shape index (κ2) is 13.8. The average Bonchev–Trinajstić information content (AvgIpc) is 3.31. The van der Waals surface area contributed by atoms with Gasteiger partial charge in [0.25, 0.3) is 15.9 Å². The minimum atomic E-state index is -4.34. The third-order valence-corrected chi connectivity index (χ3v) is 9.11. The molecular weight excluding hydrogens is 596 g/mol. The van der Waals surface area contributed by atoms with Gasteiger partial charge in [0.2, 0.25) is 0 Å². The van der Waals surface area contributed by atoms with Gasteiger partial charge in [0.1, 0.15) is 18.0 Å². The molecule has 0 atom stereocenters. The summed E-state index contributed by atoms with van der Waals surface area (Å²) in [6, 6.07) is 17.1. The van der Waals surface area contributed by atoms with E-state index in [9.17, 15) is 13.2 Å². The number of aromatic nitrogens is 1. The average molecular weight is 635 g/mol. The smallest absolute Gasteiger partial charge is 0.265 e. The van der Waals surface area contributed by atoms with Gasteiger partial charge in [-0.15, -0.1) is 0 Å². The largest absolute Gasteiger partial charge is 0.497 e. The molecule has 0 radical (unpaired) electrons. The lowest BCUT2D eigenvalue weighted by Gasteiger charge is -2.26. The third-order valence-electron chi connectivity index (χ3n) is 7.35. The molecule has 0 saturated heterocycles. The summed E-state index contributed by atoms with van der Waals surface area (Å²) in [4.78, 5) is 13.2. The van der Waals surface area contributed by atoms with Gasteiger partial charge in [0, 0.05) is 34.8 Å². The number of anilines is 1. The molecule has 0 saturated carbocycles. The molecule has 3 aromatic carbocycles. The zero-order chi connectivity index (χ0) is 32.9. The van der Waals surface area contributed by atoms with E-state index in [1.165, 1.54) is 52.7 Å². The van der Waals surface area contributed by atoms with Crippen LogP contribution in [0.1, 0.15) is 28.1 Å². The van der Waals surface area contributed by atoms with E-state index >= 15 is 0 Å². The van der Waals surface area contributed by atoms with Crippen molar-refractivity contribution in [2.24, 2.45) is 5.10 Å².